The van der Waals surface area contributed by atoms with Gasteiger partial charge in [0.05, 0.1) is 0 Å². The van der Waals surface area contributed by atoms with Crippen LogP contribution in [0.1, 0.15) is 1.43 Å². The molecule has 11 heavy (non-hydrogen) atoms. The molecule has 5 N–H and O–H groups in total. The Labute approximate surface area is 70.9 Å². The minimum atomic E-state index is -0.268. The van der Waals surface area contributed by atoms with Crippen molar-refractivity contribution in [2.24, 2.45) is 0 Å². The Hall–Kier alpha value is -0.620. The van der Waals surface area contributed by atoms with Gasteiger partial charge in [0.2, 0.25) is 0 Å². The fourth-order valence-electron chi connectivity index (χ4n) is 0.452. The van der Waals surface area contributed by atoms with Crippen LogP contribution >= 0.6 is 12.6 Å². The molecule has 5 heteroatoms. The standard InChI is InChI=1S/C6H5FS.H3N.H2O2.H2/c7-5-3-1-2-4-6(5)8;;1-2;/h1-4,8H;1H3;1-2H;1H. The Morgan fingerprint density at radius 2 is 1.73 bits per heavy atom. The van der Waals surface area contributed by atoms with Gasteiger partial charge in [0.25, 0.3) is 0 Å². The number of hydrogen-bond donors (Lipinski definition) is 4. The van der Waals surface area contributed by atoms with E-state index < -0.39 is 0 Å². The predicted octanol–water partition coefficient (Wildman–Crippen LogP) is 2.54. The molecule has 1 aromatic rings. The van der Waals surface area contributed by atoms with Crippen molar-refractivity contribution in [2.45, 2.75) is 4.90 Å². The van der Waals surface area contributed by atoms with Crippen molar-refractivity contribution in [3.63, 3.8) is 0 Å². The van der Waals surface area contributed by atoms with Crippen molar-refractivity contribution in [1.29, 1.82) is 0 Å². The van der Waals surface area contributed by atoms with Crippen molar-refractivity contribution in [1.82, 2.24) is 6.15 Å². The molecule has 0 aromatic heterocycles. The molecule has 0 spiro atoms. The quantitative estimate of drug-likeness (QED) is 0.282. The van der Waals surface area contributed by atoms with E-state index in [1.165, 1.54) is 6.07 Å². The lowest BCUT2D eigenvalue weighted by Crippen LogP contribution is -1.71. The maximum atomic E-state index is 12.2. The number of benzene rings is 1. The van der Waals surface area contributed by atoms with E-state index >= 15 is 0 Å². The van der Waals surface area contributed by atoms with Gasteiger partial charge in [-0.3, -0.25) is 10.5 Å². The summed E-state index contributed by atoms with van der Waals surface area (Å²) in [5.74, 6) is -0.268. The van der Waals surface area contributed by atoms with Crippen LogP contribution in [0.3, 0.4) is 0 Å². The third-order valence-electron chi connectivity index (χ3n) is 0.852. The average Bonchev–Trinajstić information content (AvgIpc) is 2.00. The topological polar surface area (TPSA) is 75.5 Å². The van der Waals surface area contributed by atoms with Gasteiger partial charge in [-0.25, -0.2) is 4.39 Å². The van der Waals surface area contributed by atoms with Crippen molar-refractivity contribution in [3.8, 4) is 0 Å². The van der Waals surface area contributed by atoms with Crippen LogP contribution in [0.5, 0.6) is 0 Å². The molecule has 0 atom stereocenters. The highest BCUT2D eigenvalue weighted by Crippen LogP contribution is 2.08. The molecule has 0 saturated carbocycles. The van der Waals surface area contributed by atoms with Gasteiger partial charge in [-0.15, -0.1) is 12.6 Å². The average molecular weight is 181 g/mol. The molecule has 1 rings (SSSR count). The summed E-state index contributed by atoms with van der Waals surface area (Å²) in [6.07, 6.45) is 0. The first-order valence-electron chi connectivity index (χ1n) is 2.44. The van der Waals surface area contributed by atoms with E-state index in [9.17, 15) is 4.39 Å². The zero-order valence-electron chi connectivity index (χ0n) is 5.74. The SMILES string of the molecule is Fc1ccccc1S.N.OO.[HH]. The highest BCUT2D eigenvalue weighted by molar-refractivity contribution is 7.80. The smallest absolute Gasteiger partial charge is 0.136 e. The zero-order chi connectivity index (χ0) is 7.98. The van der Waals surface area contributed by atoms with E-state index in [4.69, 9.17) is 10.5 Å². The lowest BCUT2D eigenvalue weighted by molar-refractivity contribution is -0.176. The summed E-state index contributed by atoms with van der Waals surface area (Å²) >= 11 is 3.82. The van der Waals surface area contributed by atoms with Gasteiger partial charge < -0.3 is 6.15 Å². The number of rotatable bonds is 0. The van der Waals surface area contributed by atoms with Gasteiger partial charge in [-0.2, -0.15) is 0 Å². The normalized spacial score (nSPS) is 7.27. The third-order valence-corrected chi connectivity index (χ3v) is 1.22. The van der Waals surface area contributed by atoms with Gasteiger partial charge in [-0.1, -0.05) is 12.1 Å². The third kappa shape index (κ3) is 4.74. The first kappa shape index (κ1) is 13.0. The Kier molecular flexibility index (Phi) is 8.85. The molecule has 66 valence electrons. The van der Waals surface area contributed by atoms with Gasteiger partial charge in [0.15, 0.2) is 0 Å². The minimum Gasteiger partial charge on any atom is -0.344 e. The van der Waals surface area contributed by atoms with E-state index in [0.717, 1.165) is 0 Å². The molecular weight excluding hydrogens is 169 g/mol. The molecule has 0 aliphatic rings. The second-order valence-electron chi connectivity index (χ2n) is 1.45. The lowest BCUT2D eigenvalue weighted by Gasteiger charge is -1.88. The monoisotopic (exact) mass is 181 g/mol. The highest BCUT2D eigenvalue weighted by atomic mass is 32.1. The molecule has 0 amide bonds. The number of thiol groups is 1. The Balaban J connectivity index is -0.000000189. The summed E-state index contributed by atoms with van der Waals surface area (Å²) in [7, 11) is 0. The predicted molar refractivity (Wildman–Crippen MR) is 46.0 cm³/mol. The van der Waals surface area contributed by atoms with Crippen LogP contribution < -0.4 is 6.15 Å². The van der Waals surface area contributed by atoms with Crippen LogP contribution in [0.25, 0.3) is 0 Å². The second-order valence-corrected chi connectivity index (χ2v) is 1.93. The van der Waals surface area contributed by atoms with E-state index in [2.05, 4.69) is 12.6 Å². The lowest BCUT2D eigenvalue weighted by atomic mass is 10.4. The van der Waals surface area contributed by atoms with Crippen molar-refractivity contribution in [2.75, 3.05) is 0 Å². The molecule has 0 unspecified atom stereocenters. The molecule has 0 aliphatic heterocycles. The fraction of sp³-hybridized carbons (Fsp3) is 0. The maximum Gasteiger partial charge on any atom is 0.136 e. The van der Waals surface area contributed by atoms with Crippen LogP contribution in [0.4, 0.5) is 4.39 Å². The minimum absolute atomic E-state index is 0. The molecule has 0 bridgehead atoms. The van der Waals surface area contributed by atoms with Gasteiger partial charge >= 0.3 is 0 Å². The summed E-state index contributed by atoms with van der Waals surface area (Å²) in [6, 6.07) is 6.36. The van der Waals surface area contributed by atoms with Crippen molar-refractivity contribution >= 4 is 12.6 Å². The van der Waals surface area contributed by atoms with Crippen molar-refractivity contribution in [3.05, 3.63) is 30.1 Å². The second kappa shape index (κ2) is 7.49. The molecule has 1 aromatic carbocycles. The molecule has 0 saturated heterocycles. The Morgan fingerprint density at radius 1 is 1.27 bits per heavy atom. The number of halogens is 1. The molecule has 0 radical (unpaired) electrons. The van der Waals surface area contributed by atoms with E-state index in [-0.39, 0.29) is 13.4 Å². The summed E-state index contributed by atoms with van der Waals surface area (Å²) in [4.78, 5) is 0.396. The van der Waals surface area contributed by atoms with E-state index in [1.54, 1.807) is 18.2 Å². The number of hydrogen-bond acceptors (Lipinski definition) is 4. The molecule has 0 aliphatic carbocycles. The summed E-state index contributed by atoms with van der Waals surface area (Å²) in [5.41, 5.74) is 0. The Morgan fingerprint density at radius 3 is 2.00 bits per heavy atom. The largest absolute Gasteiger partial charge is 0.344 e. The van der Waals surface area contributed by atoms with Crippen LogP contribution in [-0.2, 0) is 0 Å². The molecule has 0 heterocycles. The Bertz CT molecular complexity index is 182. The fourth-order valence-corrected chi connectivity index (χ4v) is 0.612. The zero-order valence-corrected chi connectivity index (χ0v) is 6.63. The van der Waals surface area contributed by atoms with Crippen LogP contribution in [-0.4, -0.2) is 10.5 Å². The van der Waals surface area contributed by atoms with E-state index in [1.807, 2.05) is 0 Å². The van der Waals surface area contributed by atoms with Crippen molar-refractivity contribution < 1.29 is 16.3 Å². The maximum absolute atomic E-state index is 12.2. The summed E-state index contributed by atoms with van der Waals surface area (Å²) in [6.45, 7) is 0. The molecular formula is C6H12FNO2S. The summed E-state index contributed by atoms with van der Waals surface area (Å²) < 4.78 is 12.2. The highest BCUT2D eigenvalue weighted by Gasteiger charge is 1.89. The van der Waals surface area contributed by atoms with Crippen LogP contribution in [0.15, 0.2) is 29.2 Å². The van der Waals surface area contributed by atoms with Crippen LogP contribution in [0.2, 0.25) is 0 Å². The van der Waals surface area contributed by atoms with Gasteiger partial charge in [0, 0.05) is 6.32 Å². The van der Waals surface area contributed by atoms with Gasteiger partial charge in [-0.05, 0) is 12.1 Å². The van der Waals surface area contributed by atoms with Gasteiger partial charge in [0.1, 0.15) is 5.82 Å². The molecule has 3 nitrogen and oxygen atoms in total. The van der Waals surface area contributed by atoms with Crippen LogP contribution in [0, 0.1) is 5.82 Å². The first-order valence-corrected chi connectivity index (χ1v) is 2.89. The summed E-state index contributed by atoms with van der Waals surface area (Å²) in [5, 5.41) is 12.0. The van der Waals surface area contributed by atoms with E-state index in [0.29, 0.717) is 4.90 Å². The first-order chi connectivity index (χ1) is 4.80. The molecule has 0 fully saturated rings.